The first-order valence-electron chi connectivity index (χ1n) is 8.94. The Hall–Kier alpha value is -4.00. The number of aromatic amines is 1. The summed E-state index contributed by atoms with van der Waals surface area (Å²) < 4.78 is 0. The third-order valence-corrected chi connectivity index (χ3v) is 4.64. The number of pyridine rings is 1. The first kappa shape index (κ1) is 18.4. The van der Waals surface area contributed by atoms with Crippen LogP contribution in [0, 0.1) is 0 Å². The van der Waals surface area contributed by atoms with E-state index in [2.05, 4.69) is 15.2 Å². The van der Waals surface area contributed by atoms with E-state index >= 15 is 0 Å². The van der Waals surface area contributed by atoms with Gasteiger partial charge in [0.1, 0.15) is 5.75 Å². The van der Waals surface area contributed by atoms with Gasteiger partial charge in [-0.25, -0.2) is 4.98 Å². The number of Topliss-reactive ketones (excluding diaryl/α,β-unsaturated/α-hetero) is 1. The van der Waals surface area contributed by atoms with Crippen LogP contribution in [0.1, 0.15) is 10.4 Å². The minimum absolute atomic E-state index is 0.137. The Morgan fingerprint density at radius 3 is 2.55 bits per heavy atom. The largest absolute Gasteiger partial charge is 0.507 e. The molecule has 4 rings (SSSR count). The second kappa shape index (κ2) is 7.20. The van der Waals surface area contributed by atoms with Gasteiger partial charge in [0.2, 0.25) is 5.78 Å². The number of para-hydroxylation sites is 1. The van der Waals surface area contributed by atoms with Gasteiger partial charge in [-0.1, -0.05) is 30.3 Å². The highest BCUT2D eigenvalue weighted by Crippen LogP contribution is 2.33. The summed E-state index contributed by atoms with van der Waals surface area (Å²) in [6.07, 6.45) is 1.66. The van der Waals surface area contributed by atoms with Gasteiger partial charge >= 0.3 is 0 Å². The zero-order valence-corrected chi connectivity index (χ0v) is 15.9. The smallest absolute Gasteiger partial charge is 0.294 e. The molecule has 0 unspecified atom stereocenters. The van der Waals surface area contributed by atoms with Gasteiger partial charge in [-0.3, -0.25) is 14.7 Å². The van der Waals surface area contributed by atoms with Gasteiger partial charge in [0.15, 0.2) is 5.65 Å². The Kier molecular flexibility index (Phi) is 4.56. The van der Waals surface area contributed by atoms with E-state index in [1.165, 1.54) is 4.90 Å². The molecule has 144 valence electrons. The lowest BCUT2D eigenvalue weighted by molar-refractivity contribution is -0.124. The van der Waals surface area contributed by atoms with Gasteiger partial charge in [-0.2, -0.15) is 5.10 Å². The van der Waals surface area contributed by atoms with Gasteiger partial charge in [0, 0.05) is 42.4 Å². The lowest BCUT2D eigenvalue weighted by atomic mass is 10.0. The average Bonchev–Trinajstić information content (AvgIpc) is 3.16. The van der Waals surface area contributed by atoms with Gasteiger partial charge in [0.25, 0.3) is 5.91 Å². The maximum atomic E-state index is 12.4. The molecule has 0 atom stereocenters. The predicted molar refractivity (Wildman–Crippen MR) is 109 cm³/mol. The van der Waals surface area contributed by atoms with Gasteiger partial charge in [-0.05, 0) is 29.8 Å². The number of nitrogens with one attached hydrogen (secondary N) is 1. The molecule has 29 heavy (non-hydrogen) atoms. The fourth-order valence-corrected chi connectivity index (χ4v) is 3.11. The van der Waals surface area contributed by atoms with Crippen LogP contribution >= 0.6 is 0 Å². The van der Waals surface area contributed by atoms with E-state index in [1.54, 1.807) is 56.7 Å². The second-order valence-corrected chi connectivity index (χ2v) is 6.82. The number of benzene rings is 2. The van der Waals surface area contributed by atoms with Crippen molar-refractivity contribution in [3.05, 3.63) is 66.4 Å². The van der Waals surface area contributed by atoms with Crippen LogP contribution in [0.15, 0.2) is 60.8 Å². The summed E-state index contributed by atoms with van der Waals surface area (Å²) >= 11 is 0. The van der Waals surface area contributed by atoms with Crippen molar-refractivity contribution >= 4 is 22.7 Å². The number of ketones is 1. The monoisotopic (exact) mass is 386 g/mol. The number of hydrogen-bond acceptors (Lipinski definition) is 5. The van der Waals surface area contributed by atoms with Crippen LogP contribution in [0.4, 0.5) is 0 Å². The molecule has 0 saturated carbocycles. The molecular weight excluding hydrogens is 368 g/mol. The summed E-state index contributed by atoms with van der Waals surface area (Å²) in [5, 5.41) is 18.1. The summed E-state index contributed by atoms with van der Waals surface area (Å²) in [6.45, 7) is 0. The predicted octanol–water partition coefficient (Wildman–Crippen LogP) is 3.27. The highest BCUT2D eigenvalue weighted by Gasteiger charge is 2.19. The number of phenols is 1. The SMILES string of the molecule is CN(C)C(=O)C(=O)c1cccc(-c2cnc3n[nH]c(-c4ccccc4O)c3c2)c1. The Morgan fingerprint density at radius 1 is 1.00 bits per heavy atom. The number of rotatable bonds is 4. The highest BCUT2D eigenvalue weighted by molar-refractivity contribution is 6.42. The lowest BCUT2D eigenvalue weighted by Gasteiger charge is -2.10. The Balaban J connectivity index is 1.79. The van der Waals surface area contributed by atoms with E-state index in [9.17, 15) is 14.7 Å². The molecule has 4 aromatic rings. The van der Waals surface area contributed by atoms with Gasteiger partial charge in [-0.15, -0.1) is 0 Å². The standard InChI is InChI=1S/C22H18N4O3/c1-26(2)22(29)20(28)14-7-5-6-13(10-14)15-11-17-19(24-25-21(17)23-12-15)16-8-3-4-9-18(16)27/h3-12,27H,1-2H3,(H,23,24,25). The number of likely N-dealkylation sites (N-methyl/N-ethyl adjacent to an activating group) is 1. The normalized spacial score (nSPS) is 10.8. The van der Waals surface area contributed by atoms with Crippen molar-refractivity contribution in [1.82, 2.24) is 20.1 Å². The Morgan fingerprint density at radius 2 is 1.79 bits per heavy atom. The van der Waals surface area contributed by atoms with E-state index in [1.807, 2.05) is 18.2 Å². The number of nitrogens with zero attached hydrogens (tertiary/aromatic N) is 3. The molecular formula is C22H18N4O3. The Labute approximate surface area is 166 Å². The van der Waals surface area contributed by atoms with E-state index in [4.69, 9.17) is 0 Å². The molecule has 7 heteroatoms. The number of aromatic hydroxyl groups is 1. The summed E-state index contributed by atoms with van der Waals surface area (Å²) in [4.78, 5) is 30.0. The van der Waals surface area contributed by atoms with Crippen molar-refractivity contribution in [2.45, 2.75) is 0 Å². The van der Waals surface area contributed by atoms with Crippen molar-refractivity contribution in [3.63, 3.8) is 0 Å². The fourth-order valence-electron chi connectivity index (χ4n) is 3.11. The van der Waals surface area contributed by atoms with Crippen molar-refractivity contribution in [2.24, 2.45) is 0 Å². The molecule has 0 aliphatic heterocycles. The molecule has 2 aromatic heterocycles. The molecule has 2 N–H and O–H groups in total. The summed E-state index contributed by atoms with van der Waals surface area (Å²) in [7, 11) is 3.09. The van der Waals surface area contributed by atoms with E-state index in [0.717, 1.165) is 16.5 Å². The Bertz CT molecular complexity index is 1240. The van der Waals surface area contributed by atoms with Crippen molar-refractivity contribution in [2.75, 3.05) is 14.1 Å². The van der Waals surface area contributed by atoms with Crippen LogP contribution in [0.3, 0.4) is 0 Å². The van der Waals surface area contributed by atoms with Crippen LogP contribution in [0.5, 0.6) is 5.75 Å². The number of H-pyrrole nitrogens is 1. The van der Waals surface area contributed by atoms with Gasteiger partial charge < -0.3 is 10.0 Å². The molecule has 1 amide bonds. The van der Waals surface area contributed by atoms with E-state index < -0.39 is 11.7 Å². The summed E-state index contributed by atoms with van der Waals surface area (Å²) in [5.74, 6) is -1.00. The molecule has 0 fully saturated rings. The second-order valence-electron chi connectivity index (χ2n) is 6.82. The third kappa shape index (κ3) is 3.34. The van der Waals surface area contributed by atoms with E-state index in [0.29, 0.717) is 22.5 Å². The van der Waals surface area contributed by atoms with Crippen LogP contribution in [0.2, 0.25) is 0 Å². The lowest BCUT2D eigenvalue weighted by Crippen LogP contribution is -2.29. The van der Waals surface area contributed by atoms with Crippen molar-refractivity contribution in [1.29, 1.82) is 0 Å². The van der Waals surface area contributed by atoms with Crippen LogP contribution in [-0.4, -0.2) is 51.0 Å². The number of carbonyl (C=O) groups excluding carboxylic acids is 2. The van der Waals surface area contributed by atoms with Crippen LogP contribution in [-0.2, 0) is 4.79 Å². The molecule has 0 radical (unpaired) electrons. The highest BCUT2D eigenvalue weighted by atomic mass is 16.3. The number of aromatic nitrogens is 3. The maximum Gasteiger partial charge on any atom is 0.294 e. The fraction of sp³-hybridized carbons (Fsp3) is 0.0909. The zero-order valence-electron chi connectivity index (χ0n) is 15.9. The molecule has 0 aliphatic carbocycles. The van der Waals surface area contributed by atoms with Crippen LogP contribution < -0.4 is 0 Å². The zero-order chi connectivity index (χ0) is 20.5. The molecule has 7 nitrogen and oxygen atoms in total. The average molecular weight is 386 g/mol. The molecule has 2 aromatic carbocycles. The molecule has 0 spiro atoms. The van der Waals surface area contributed by atoms with Crippen molar-refractivity contribution < 1.29 is 14.7 Å². The number of fused-ring (bicyclic) bond motifs is 1. The van der Waals surface area contributed by atoms with Gasteiger partial charge in [0.05, 0.1) is 5.69 Å². The molecule has 0 saturated heterocycles. The van der Waals surface area contributed by atoms with Crippen molar-refractivity contribution in [3.8, 4) is 28.1 Å². The first-order valence-corrected chi connectivity index (χ1v) is 8.94. The maximum absolute atomic E-state index is 12.4. The molecule has 0 aliphatic rings. The molecule has 0 bridgehead atoms. The summed E-state index contributed by atoms with van der Waals surface area (Å²) in [6, 6.07) is 15.7. The topological polar surface area (TPSA) is 99.2 Å². The van der Waals surface area contributed by atoms with E-state index in [-0.39, 0.29) is 5.75 Å². The van der Waals surface area contributed by atoms with Crippen LogP contribution in [0.25, 0.3) is 33.4 Å². The first-order chi connectivity index (χ1) is 14.0. The summed E-state index contributed by atoms with van der Waals surface area (Å²) in [5.41, 5.74) is 3.62. The third-order valence-electron chi connectivity index (χ3n) is 4.64. The minimum atomic E-state index is -0.576. The number of carbonyl (C=O) groups is 2. The minimum Gasteiger partial charge on any atom is -0.507 e. The molecule has 2 heterocycles. The number of amides is 1. The number of phenolic OH excluding ortho intramolecular Hbond substituents is 1. The number of hydrogen-bond donors (Lipinski definition) is 2. The quantitative estimate of drug-likeness (QED) is 0.414.